The Kier molecular flexibility index (Phi) is 5.92. The van der Waals surface area contributed by atoms with Crippen LogP contribution in [0.5, 0.6) is 0 Å². The van der Waals surface area contributed by atoms with Crippen molar-refractivity contribution in [1.82, 2.24) is 4.72 Å². The fourth-order valence-corrected chi connectivity index (χ4v) is 4.30. The second-order valence-corrected chi connectivity index (χ2v) is 7.17. The summed E-state index contributed by atoms with van der Waals surface area (Å²) in [6.45, 7) is 5.53. The van der Waals surface area contributed by atoms with E-state index < -0.39 is 15.6 Å². The fourth-order valence-electron chi connectivity index (χ4n) is 2.38. The van der Waals surface area contributed by atoms with Crippen LogP contribution in [0.4, 0.5) is 0 Å². The highest BCUT2D eigenvalue weighted by Gasteiger charge is 2.35. The number of hydrogen-bond donors (Lipinski definition) is 3. The highest BCUT2D eigenvalue weighted by Crippen LogP contribution is 2.20. The molecule has 5 nitrogen and oxygen atoms in total. The van der Waals surface area contributed by atoms with Crippen LogP contribution in [0.25, 0.3) is 0 Å². The van der Waals surface area contributed by atoms with E-state index in [4.69, 9.17) is 11.1 Å². The first kappa shape index (κ1) is 17.7. The normalized spacial score (nSPS) is 13.9. The first-order chi connectivity index (χ1) is 9.76. The summed E-state index contributed by atoms with van der Waals surface area (Å²) in [6.07, 6.45) is 0.912. The van der Waals surface area contributed by atoms with Gasteiger partial charge in [0.1, 0.15) is 5.84 Å². The van der Waals surface area contributed by atoms with Gasteiger partial charge in [0.25, 0.3) is 0 Å². The van der Waals surface area contributed by atoms with Gasteiger partial charge in [0.05, 0.1) is 11.3 Å². The Balaban J connectivity index is 2.89. The fraction of sp³-hybridized carbons (Fsp3) is 0.533. The third-order valence-electron chi connectivity index (χ3n) is 3.91. The number of nitrogens with one attached hydrogen (secondary N) is 2. The second kappa shape index (κ2) is 7.04. The molecule has 21 heavy (non-hydrogen) atoms. The van der Waals surface area contributed by atoms with E-state index in [9.17, 15) is 8.42 Å². The summed E-state index contributed by atoms with van der Waals surface area (Å²) in [5, 5.41) is 7.68. The summed E-state index contributed by atoms with van der Waals surface area (Å²) >= 11 is 0. The number of hydrogen-bond acceptors (Lipinski definition) is 3. The summed E-state index contributed by atoms with van der Waals surface area (Å²) < 4.78 is 27.4. The quantitative estimate of drug-likeness (QED) is 0.507. The molecular weight excluding hydrogens is 286 g/mol. The maximum Gasteiger partial charge on any atom is 0.213 e. The Bertz CT molecular complexity index is 566. The average molecular weight is 311 g/mol. The molecule has 0 saturated carbocycles. The van der Waals surface area contributed by atoms with Crippen molar-refractivity contribution in [1.29, 1.82) is 5.41 Å². The molecule has 4 N–H and O–H groups in total. The largest absolute Gasteiger partial charge is 0.386 e. The summed E-state index contributed by atoms with van der Waals surface area (Å²) in [4.78, 5) is 0. The summed E-state index contributed by atoms with van der Waals surface area (Å²) in [5.74, 6) is -0.281. The van der Waals surface area contributed by atoms with Crippen LogP contribution >= 0.6 is 0 Å². The molecule has 1 unspecified atom stereocenters. The third-order valence-corrected chi connectivity index (χ3v) is 5.55. The molecule has 0 radical (unpaired) electrons. The Labute approximate surface area is 127 Å². The van der Waals surface area contributed by atoms with Gasteiger partial charge >= 0.3 is 0 Å². The van der Waals surface area contributed by atoms with E-state index in [2.05, 4.69) is 4.72 Å². The SMILES string of the molecule is CCC(CC)(NS(=O)(=O)CC(C)c1ccccc1)C(=N)N. The molecule has 0 saturated heterocycles. The van der Waals surface area contributed by atoms with Gasteiger partial charge in [-0.25, -0.2) is 13.1 Å². The molecule has 0 fully saturated rings. The lowest BCUT2D eigenvalue weighted by Crippen LogP contribution is -2.57. The topological polar surface area (TPSA) is 96.0 Å². The van der Waals surface area contributed by atoms with Crippen molar-refractivity contribution in [3.63, 3.8) is 0 Å². The highest BCUT2D eigenvalue weighted by molar-refractivity contribution is 7.89. The second-order valence-electron chi connectivity index (χ2n) is 5.40. The number of benzene rings is 1. The Morgan fingerprint density at radius 3 is 2.24 bits per heavy atom. The predicted molar refractivity (Wildman–Crippen MR) is 87.0 cm³/mol. The molecule has 6 heteroatoms. The Hall–Kier alpha value is -1.40. The van der Waals surface area contributed by atoms with E-state index in [0.29, 0.717) is 12.8 Å². The van der Waals surface area contributed by atoms with Crippen LogP contribution < -0.4 is 10.5 Å². The first-order valence-corrected chi connectivity index (χ1v) is 8.82. The minimum atomic E-state index is -3.53. The highest BCUT2D eigenvalue weighted by atomic mass is 32.2. The zero-order valence-electron chi connectivity index (χ0n) is 12.9. The van der Waals surface area contributed by atoms with E-state index in [0.717, 1.165) is 5.56 Å². The van der Waals surface area contributed by atoms with Crippen molar-refractivity contribution in [2.45, 2.75) is 45.1 Å². The van der Waals surface area contributed by atoms with Crippen LogP contribution in [-0.4, -0.2) is 25.5 Å². The van der Waals surface area contributed by atoms with Crippen molar-refractivity contribution >= 4 is 15.9 Å². The lowest BCUT2D eigenvalue weighted by atomic mass is 9.93. The van der Waals surface area contributed by atoms with Gasteiger partial charge < -0.3 is 5.73 Å². The van der Waals surface area contributed by atoms with Gasteiger partial charge in [-0.3, -0.25) is 5.41 Å². The molecule has 0 bridgehead atoms. The maximum atomic E-state index is 12.4. The maximum absolute atomic E-state index is 12.4. The van der Waals surface area contributed by atoms with Gasteiger partial charge in [-0.05, 0) is 24.3 Å². The number of amidine groups is 1. The molecule has 1 aromatic carbocycles. The average Bonchev–Trinajstić information content (AvgIpc) is 2.45. The Morgan fingerprint density at radius 2 is 1.81 bits per heavy atom. The molecule has 0 aliphatic carbocycles. The van der Waals surface area contributed by atoms with Crippen LogP contribution in [-0.2, 0) is 10.0 Å². The summed E-state index contributed by atoms with van der Waals surface area (Å²) in [5.41, 5.74) is 5.60. The monoisotopic (exact) mass is 311 g/mol. The summed E-state index contributed by atoms with van der Waals surface area (Å²) in [7, 11) is -3.53. The molecule has 0 aliphatic rings. The lowest BCUT2D eigenvalue weighted by Gasteiger charge is -2.31. The molecule has 0 spiro atoms. The van der Waals surface area contributed by atoms with Crippen LogP contribution in [0.1, 0.15) is 45.1 Å². The van der Waals surface area contributed by atoms with Crippen LogP contribution in [0, 0.1) is 5.41 Å². The minimum Gasteiger partial charge on any atom is -0.386 e. The number of sulfonamides is 1. The molecule has 1 aromatic rings. The predicted octanol–water partition coefficient (Wildman–Crippen LogP) is 2.20. The van der Waals surface area contributed by atoms with Crippen molar-refractivity contribution in [2.75, 3.05) is 5.75 Å². The molecule has 1 rings (SSSR count). The van der Waals surface area contributed by atoms with E-state index in [-0.39, 0.29) is 17.5 Å². The van der Waals surface area contributed by atoms with Crippen molar-refractivity contribution in [3.05, 3.63) is 35.9 Å². The molecule has 0 aliphatic heterocycles. The van der Waals surface area contributed by atoms with Gasteiger partial charge in [-0.15, -0.1) is 0 Å². The van der Waals surface area contributed by atoms with Gasteiger partial charge in [-0.2, -0.15) is 0 Å². The third kappa shape index (κ3) is 4.54. The zero-order chi connectivity index (χ0) is 16.1. The molecule has 118 valence electrons. The van der Waals surface area contributed by atoms with Crippen LogP contribution in [0.15, 0.2) is 30.3 Å². The number of rotatable bonds is 8. The van der Waals surface area contributed by atoms with Crippen molar-refractivity contribution in [2.24, 2.45) is 5.73 Å². The van der Waals surface area contributed by atoms with E-state index >= 15 is 0 Å². The van der Waals surface area contributed by atoms with Crippen molar-refractivity contribution in [3.8, 4) is 0 Å². The van der Waals surface area contributed by atoms with E-state index in [1.807, 2.05) is 51.1 Å². The van der Waals surface area contributed by atoms with Gasteiger partial charge in [0.2, 0.25) is 10.0 Å². The molecular formula is C15H25N3O2S. The molecule has 1 atom stereocenters. The standard InChI is InChI=1S/C15H25N3O2S/c1-4-15(5-2,14(16)17)18-21(19,20)11-12(3)13-9-7-6-8-10-13/h6-10,12,18H,4-5,11H2,1-3H3,(H3,16,17). The number of nitrogens with two attached hydrogens (primary N) is 1. The molecule has 0 amide bonds. The molecule has 0 heterocycles. The molecule has 0 aromatic heterocycles. The minimum absolute atomic E-state index is 0.0218. The van der Waals surface area contributed by atoms with Crippen LogP contribution in [0.3, 0.4) is 0 Å². The zero-order valence-corrected chi connectivity index (χ0v) is 13.7. The summed E-state index contributed by atoms with van der Waals surface area (Å²) in [6, 6.07) is 9.52. The lowest BCUT2D eigenvalue weighted by molar-refractivity contribution is 0.457. The van der Waals surface area contributed by atoms with Gasteiger partial charge in [0.15, 0.2) is 0 Å². The van der Waals surface area contributed by atoms with E-state index in [1.165, 1.54) is 0 Å². The van der Waals surface area contributed by atoms with Gasteiger partial charge in [-0.1, -0.05) is 51.1 Å². The van der Waals surface area contributed by atoms with Crippen LogP contribution in [0.2, 0.25) is 0 Å². The Morgan fingerprint density at radius 1 is 1.29 bits per heavy atom. The first-order valence-electron chi connectivity index (χ1n) is 7.17. The van der Waals surface area contributed by atoms with Crippen molar-refractivity contribution < 1.29 is 8.42 Å². The van der Waals surface area contributed by atoms with E-state index in [1.54, 1.807) is 0 Å². The van der Waals surface area contributed by atoms with Gasteiger partial charge in [0, 0.05) is 0 Å². The smallest absolute Gasteiger partial charge is 0.213 e.